The largest absolute Gasteiger partial charge is 0.271 e. The van der Waals surface area contributed by atoms with Crippen LogP contribution in [0.2, 0.25) is 0 Å². The van der Waals surface area contributed by atoms with Crippen molar-refractivity contribution in [3.63, 3.8) is 0 Å². The van der Waals surface area contributed by atoms with Crippen molar-refractivity contribution in [2.75, 3.05) is 0 Å². The van der Waals surface area contributed by atoms with E-state index in [1.54, 1.807) is 0 Å². The molecule has 1 rings (SSSR count). The number of rotatable bonds is 5. The highest BCUT2D eigenvalue weighted by atomic mass is 79.9. The molecule has 0 bridgehead atoms. The number of nitrogens with one attached hydrogen (secondary N) is 1. The summed E-state index contributed by atoms with van der Waals surface area (Å²) < 4.78 is 14.6. The molecule has 3 N–H and O–H groups in total. The summed E-state index contributed by atoms with van der Waals surface area (Å²) in [5.41, 5.74) is 3.75. The molecule has 0 aliphatic heterocycles. The highest BCUT2D eigenvalue weighted by Crippen LogP contribution is 2.29. The van der Waals surface area contributed by atoms with Crippen molar-refractivity contribution >= 4 is 15.9 Å². The van der Waals surface area contributed by atoms with Crippen molar-refractivity contribution in [1.29, 1.82) is 0 Å². The third-order valence-electron chi connectivity index (χ3n) is 3.83. The van der Waals surface area contributed by atoms with Gasteiger partial charge < -0.3 is 0 Å². The zero-order valence-electron chi connectivity index (χ0n) is 12.1. The van der Waals surface area contributed by atoms with Crippen molar-refractivity contribution in [2.24, 2.45) is 17.2 Å². The van der Waals surface area contributed by atoms with Gasteiger partial charge in [0.25, 0.3) is 0 Å². The van der Waals surface area contributed by atoms with E-state index in [4.69, 9.17) is 5.84 Å². The Morgan fingerprint density at radius 3 is 2.47 bits per heavy atom. The molecule has 0 heterocycles. The number of nitrogens with two attached hydrogens (primary N) is 1. The Balaban J connectivity index is 2.72. The Kier molecular flexibility index (Phi) is 5.96. The predicted octanol–water partition coefficient (Wildman–Crippen LogP) is 4.03. The summed E-state index contributed by atoms with van der Waals surface area (Å²) in [7, 11) is 0. The van der Waals surface area contributed by atoms with Gasteiger partial charge in [-0.05, 0) is 41.9 Å². The first-order valence-corrected chi connectivity index (χ1v) is 7.43. The number of halogens is 2. The van der Waals surface area contributed by atoms with Crippen LogP contribution in [-0.4, -0.2) is 6.04 Å². The van der Waals surface area contributed by atoms with Crippen LogP contribution in [0.4, 0.5) is 4.39 Å². The lowest BCUT2D eigenvalue weighted by Gasteiger charge is -2.30. The van der Waals surface area contributed by atoms with Crippen LogP contribution < -0.4 is 11.3 Å². The second-order valence-corrected chi connectivity index (χ2v) is 7.22. The summed E-state index contributed by atoms with van der Waals surface area (Å²) in [6.45, 7) is 8.85. The lowest BCUT2D eigenvalue weighted by Crippen LogP contribution is -2.39. The molecular weight excluding hydrogens is 307 g/mol. The van der Waals surface area contributed by atoms with Crippen molar-refractivity contribution in [3.05, 3.63) is 34.1 Å². The Labute approximate surface area is 124 Å². The molecule has 0 aliphatic carbocycles. The molecule has 108 valence electrons. The van der Waals surface area contributed by atoms with Crippen LogP contribution in [0.25, 0.3) is 0 Å². The van der Waals surface area contributed by atoms with E-state index in [-0.39, 0.29) is 17.3 Å². The molecule has 1 aromatic carbocycles. The minimum absolute atomic E-state index is 0.0879. The molecule has 1 aromatic rings. The molecule has 2 nitrogen and oxygen atoms in total. The van der Waals surface area contributed by atoms with Gasteiger partial charge in [0, 0.05) is 10.5 Å². The number of hydrogen-bond acceptors (Lipinski definition) is 2. The minimum atomic E-state index is -0.182. The van der Waals surface area contributed by atoms with Crippen molar-refractivity contribution in [1.82, 2.24) is 5.43 Å². The van der Waals surface area contributed by atoms with Crippen LogP contribution in [0.1, 0.15) is 39.7 Å². The first kappa shape index (κ1) is 16.6. The average Bonchev–Trinajstić information content (AvgIpc) is 2.30. The maximum Gasteiger partial charge on any atom is 0.127 e. The van der Waals surface area contributed by atoms with Gasteiger partial charge in [0.2, 0.25) is 0 Å². The summed E-state index contributed by atoms with van der Waals surface area (Å²) in [5, 5.41) is 0. The lowest BCUT2D eigenvalue weighted by atomic mass is 9.78. The zero-order chi connectivity index (χ0) is 14.6. The van der Waals surface area contributed by atoms with E-state index in [1.807, 2.05) is 12.1 Å². The summed E-state index contributed by atoms with van der Waals surface area (Å²) in [6.07, 6.45) is 1.53. The highest BCUT2D eigenvalue weighted by molar-refractivity contribution is 9.10. The van der Waals surface area contributed by atoms with E-state index in [0.29, 0.717) is 17.9 Å². The van der Waals surface area contributed by atoms with Crippen molar-refractivity contribution in [2.45, 2.75) is 46.6 Å². The smallest absolute Gasteiger partial charge is 0.127 e. The van der Waals surface area contributed by atoms with E-state index in [2.05, 4.69) is 49.1 Å². The average molecular weight is 331 g/mol. The number of hydrogen-bond donors (Lipinski definition) is 2. The zero-order valence-corrected chi connectivity index (χ0v) is 13.7. The van der Waals surface area contributed by atoms with Crippen LogP contribution in [0.5, 0.6) is 0 Å². The second kappa shape index (κ2) is 6.82. The van der Waals surface area contributed by atoms with E-state index < -0.39 is 0 Å². The molecule has 2 atom stereocenters. The SMILES string of the molecule is CC(CC(Cc1ccc(Br)cc1F)NN)C(C)(C)C. The van der Waals surface area contributed by atoms with E-state index in [1.165, 1.54) is 6.07 Å². The van der Waals surface area contributed by atoms with Crippen molar-refractivity contribution in [3.8, 4) is 0 Å². The van der Waals surface area contributed by atoms with E-state index >= 15 is 0 Å². The topological polar surface area (TPSA) is 38.0 Å². The number of hydrazine groups is 1. The first-order valence-electron chi connectivity index (χ1n) is 6.64. The third-order valence-corrected chi connectivity index (χ3v) is 4.33. The maximum atomic E-state index is 13.8. The molecule has 0 aromatic heterocycles. The monoisotopic (exact) mass is 330 g/mol. The molecule has 0 saturated heterocycles. The van der Waals surface area contributed by atoms with Gasteiger partial charge in [0.1, 0.15) is 5.82 Å². The summed E-state index contributed by atoms with van der Waals surface area (Å²) in [4.78, 5) is 0. The molecule has 0 aliphatic rings. The Morgan fingerprint density at radius 2 is 2.00 bits per heavy atom. The van der Waals surface area contributed by atoms with Crippen LogP contribution in [0.3, 0.4) is 0 Å². The van der Waals surface area contributed by atoms with Gasteiger partial charge in [-0.1, -0.05) is 49.7 Å². The quantitative estimate of drug-likeness (QED) is 0.631. The molecule has 0 spiro atoms. The first-order chi connectivity index (χ1) is 8.74. The maximum absolute atomic E-state index is 13.8. The van der Waals surface area contributed by atoms with E-state index in [9.17, 15) is 4.39 Å². The molecule has 0 amide bonds. The Bertz CT molecular complexity index is 415. The fourth-order valence-electron chi connectivity index (χ4n) is 1.94. The van der Waals surface area contributed by atoms with Crippen molar-refractivity contribution < 1.29 is 4.39 Å². The van der Waals surface area contributed by atoms with Gasteiger partial charge in [-0.3, -0.25) is 11.3 Å². The van der Waals surface area contributed by atoms with Gasteiger partial charge in [-0.2, -0.15) is 0 Å². The fourth-order valence-corrected chi connectivity index (χ4v) is 2.28. The molecule has 4 heteroatoms. The number of benzene rings is 1. The molecule has 0 fully saturated rings. The Morgan fingerprint density at radius 1 is 1.37 bits per heavy atom. The second-order valence-electron chi connectivity index (χ2n) is 6.31. The molecule has 0 radical (unpaired) electrons. The van der Waals surface area contributed by atoms with E-state index in [0.717, 1.165) is 10.9 Å². The van der Waals surface area contributed by atoms with Crippen LogP contribution in [0.15, 0.2) is 22.7 Å². The highest BCUT2D eigenvalue weighted by Gasteiger charge is 2.23. The third kappa shape index (κ3) is 5.21. The minimum Gasteiger partial charge on any atom is -0.271 e. The van der Waals surface area contributed by atoms with Gasteiger partial charge in [-0.15, -0.1) is 0 Å². The summed E-state index contributed by atoms with van der Waals surface area (Å²) >= 11 is 3.27. The Hall–Kier alpha value is -0.450. The van der Waals surface area contributed by atoms with Crippen LogP contribution >= 0.6 is 15.9 Å². The van der Waals surface area contributed by atoms with Gasteiger partial charge >= 0.3 is 0 Å². The van der Waals surface area contributed by atoms with Gasteiger partial charge in [0.15, 0.2) is 0 Å². The fraction of sp³-hybridized carbons (Fsp3) is 0.600. The molecule has 19 heavy (non-hydrogen) atoms. The van der Waals surface area contributed by atoms with Crippen LogP contribution in [-0.2, 0) is 6.42 Å². The standard InChI is InChI=1S/C15H24BrFN2/c1-10(15(2,3)4)7-13(19-18)8-11-5-6-12(16)9-14(11)17/h5-6,9-10,13,19H,7-8,18H2,1-4H3. The lowest BCUT2D eigenvalue weighted by molar-refractivity contribution is 0.222. The molecule has 0 saturated carbocycles. The summed E-state index contributed by atoms with van der Waals surface area (Å²) in [6, 6.07) is 5.26. The summed E-state index contributed by atoms with van der Waals surface area (Å²) in [5.74, 6) is 5.93. The van der Waals surface area contributed by atoms with Crippen LogP contribution in [0, 0.1) is 17.2 Å². The normalized spacial score (nSPS) is 15.3. The molecule has 2 unspecified atom stereocenters. The van der Waals surface area contributed by atoms with Gasteiger partial charge in [-0.25, -0.2) is 4.39 Å². The predicted molar refractivity (Wildman–Crippen MR) is 82.2 cm³/mol. The molecular formula is C15H24BrFN2. The van der Waals surface area contributed by atoms with Gasteiger partial charge in [0.05, 0.1) is 0 Å².